The number of allylic oxidation sites excluding steroid dienone is 1. The molecule has 0 heterocycles. The van der Waals surface area contributed by atoms with Crippen LogP contribution in [0.5, 0.6) is 0 Å². The van der Waals surface area contributed by atoms with E-state index in [0.717, 1.165) is 0 Å². The second-order valence-corrected chi connectivity index (χ2v) is 4.80. The number of carboxylic acids is 2. The van der Waals surface area contributed by atoms with Gasteiger partial charge in [0.05, 0.1) is 12.5 Å². The average Bonchev–Trinajstić information content (AvgIpc) is 2.91. The Kier molecular flexibility index (Phi) is 6.04. The monoisotopic (exact) mass is 298 g/mol. The van der Waals surface area contributed by atoms with Crippen LogP contribution in [-0.2, 0) is 19.2 Å². The van der Waals surface area contributed by atoms with Crippen molar-refractivity contribution in [3.8, 4) is 0 Å². The highest BCUT2D eigenvalue weighted by Gasteiger charge is 2.35. The molecule has 0 radical (unpaired) electrons. The lowest BCUT2D eigenvalue weighted by Gasteiger charge is -2.20. The number of nitrogens with two attached hydrogens (primary N) is 1. The quantitative estimate of drug-likeness (QED) is 0.426. The first-order valence-electron chi connectivity index (χ1n) is 6.51. The van der Waals surface area contributed by atoms with Gasteiger partial charge in [0.25, 0.3) is 0 Å². The fourth-order valence-electron chi connectivity index (χ4n) is 2.20. The number of carboxylic acid groups (broad SMARTS) is 2. The lowest BCUT2D eigenvalue weighted by atomic mass is 9.90. The zero-order valence-corrected chi connectivity index (χ0v) is 11.3. The lowest BCUT2D eigenvalue weighted by molar-refractivity contribution is -0.143. The maximum Gasteiger partial charge on any atom is 0.326 e. The highest BCUT2D eigenvalue weighted by Crippen LogP contribution is 2.26. The first-order chi connectivity index (χ1) is 9.86. The molecule has 1 amide bonds. The van der Waals surface area contributed by atoms with Crippen LogP contribution in [0.3, 0.4) is 0 Å². The van der Waals surface area contributed by atoms with Crippen molar-refractivity contribution < 1.29 is 29.4 Å². The van der Waals surface area contributed by atoms with E-state index in [-0.39, 0.29) is 25.2 Å². The number of hydrogen-bond donors (Lipinski definition) is 4. The van der Waals surface area contributed by atoms with E-state index in [4.69, 9.17) is 15.9 Å². The Bertz CT molecular complexity index is 473. The third kappa shape index (κ3) is 4.67. The van der Waals surface area contributed by atoms with Gasteiger partial charge < -0.3 is 21.3 Å². The highest BCUT2D eigenvalue weighted by molar-refractivity contribution is 5.93. The predicted octanol–water partition coefficient (Wildman–Crippen LogP) is -0.859. The van der Waals surface area contributed by atoms with Crippen molar-refractivity contribution in [2.24, 2.45) is 17.6 Å². The van der Waals surface area contributed by atoms with E-state index in [1.165, 1.54) is 0 Å². The molecule has 0 fully saturated rings. The fourth-order valence-corrected chi connectivity index (χ4v) is 2.20. The minimum atomic E-state index is -1.31. The van der Waals surface area contributed by atoms with Gasteiger partial charge in [-0.2, -0.15) is 0 Å². The standard InChI is InChI=1S/C13H18N2O6/c14-6-10(16)7-2-1-3-8(7)12(19)15-9(13(20)21)4-5-11(17)18/h1,3,7-9H,2,4-6,14H2,(H,15,19)(H,17,18)(H,20,21)/t7?,8-,9-/m1/s1. The maximum absolute atomic E-state index is 12.1. The topological polar surface area (TPSA) is 147 Å². The second kappa shape index (κ2) is 7.53. The summed E-state index contributed by atoms with van der Waals surface area (Å²) in [6, 6.07) is -1.30. The van der Waals surface area contributed by atoms with Gasteiger partial charge in [0.1, 0.15) is 6.04 Å². The third-order valence-electron chi connectivity index (χ3n) is 3.35. The summed E-state index contributed by atoms with van der Waals surface area (Å²) in [7, 11) is 0. The molecule has 0 bridgehead atoms. The molecule has 1 aliphatic rings. The van der Waals surface area contributed by atoms with E-state index in [9.17, 15) is 19.2 Å². The van der Waals surface area contributed by atoms with Gasteiger partial charge in [-0.3, -0.25) is 14.4 Å². The van der Waals surface area contributed by atoms with Crippen molar-refractivity contribution in [3.63, 3.8) is 0 Å². The van der Waals surface area contributed by atoms with Crippen LogP contribution in [0.2, 0.25) is 0 Å². The van der Waals surface area contributed by atoms with Gasteiger partial charge >= 0.3 is 11.9 Å². The maximum atomic E-state index is 12.1. The number of carbonyl (C=O) groups excluding carboxylic acids is 2. The molecule has 0 saturated carbocycles. The molecular weight excluding hydrogens is 280 g/mol. The Hall–Kier alpha value is -2.22. The molecule has 0 spiro atoms. The number of aliphatic carboxylic acids is 2. The Morgan fingerprint density at radius 2 is 1.95 bits per heavy atom. The summed E-state index contributed by atoms with van der Waals surface area (Å²) in [5.74, 6) is -4.66. The Morgan fingerprint density at radius 3 is 2.48 bits per heavy atom. The normalized spacial score (nSPS) is 21.8. The van der Waals surface area contributed by atoms with Gasteiger partial charge in [-0.25, -0.2) is 4.79 Å². The largest absolute Gasteiger partial charge is 0.481 e. The van der Waals surface area contributed by atoms with Crippen molar-refractivity contribution in [1.82, 2.24) is 5.32 Å². The van der Waals surface area contributed by atoms with Crippen LogP contribution in [0.25, 0.3) is 0 Å². The minimum Gasteiger partial charge on any atom is -0.481 e. The second-order valence-electron chi connectivity index (χ2n) is 4.80. The number of ketones is 1. The first kappa shape index (κ1) is 16.8. The molecule has 116 valence electrons. The van der Waals surface area contributed by atoms with Crippen molar-refractivity contribution in [2.45, 2.75) is 25.3 Å². The third-order valence-corrected chi connectivity index (χ3v) is 3.35. The molecule has 1 aliphatic carbocycles. The molecule has 3 atom stereocenters. The summed E-state index contributed by atoms with van der Waals surface area (Å²) in [5, 5.41) is 19.8. The summed E-state index contributed by atoms with van der Waals surface area (Å²) in [4.78, 5) is 45.2. The Labute approximate surface area is 121 Å². The summed E-state index contributed by atoms with van der Waals surface area (Å²) < 4.78 is 0. The molecule has 21 heavy (non-hydrogen) atoms. The van der Waals surface area contributed by atoms with Crippen molar-refractivity contribution in [1.29, 1.82) is 0 Å². The first-order valence-corrected chi connectivity index (χ1v) is 6.51. The number of nitrogens with one attached hydrogen (secondary N) is 1. The Morgan fingerprint density at radius 1 is 1.29 bits per heavy atom. The molecule has 8 heteroatoms. The molecule has 8 nitrogen and oxygen atoms in total. The van der Waals surface area contributed by atoms with Crippen LogP contribution in [-0.4, -0.2) is 46.4 Å². The summed E-state index contributed by atoms with van der Waals surface area (Å²) in [6.07, 6.45) is 3.02. The van der Waals surface area contributed by atoms with Crippen molar-refractivity contribution >= 4 is 23.6 Å². The fraction of sp³-hybridized carbons (Fsp3) is 0.538. The van der Waals surface area contributed by atoms with Gasteiger partial charge in [0, 0.05) is 12.3 Å². The van der Waals surface area contributed by atoms with Crippen molar-refractivity contribution in [2.75, 3.05) is 6.54 Å². The number of rotatable bonds is 8. The Balaban J connectivity index is 2.68. The van der Waals surface area contributed by atoms with Gasteiger partial charge in [-0.1, -0.05) is 12.2 Å². The van der Waals surface area contributed by atoms with Crippen LogP contribution < -0.4 is 11.1 Å². The molecule has 0 aromatic rings. The van der Waals surface area contributed by atoms with E-state index < -0.39 is 35.7 Å². The molecular formula is C13H18N2O6. The molecule has 1 rings (SSSR count). The van der Waals surface area contributed by atoms with Gasteiger partial charge in [0.2, 0.25) is 5.91 Å². The number of Topliss-reactive ketones (excluding diaryl/α,β-unsaturated/α-hetero) is 1. The SMILES string of the molecule is NCC(=O)C1CC=C[C@H]1C(=O)N[C@H](CCC(=O)O)C(=O)O. The average molecular weight is 298 g/mol. The highest BCUT2D eigenvalue weighted by atomic mass is 16.4. The molecule has 0 saturated heterocycles. The van der Waals surface area contributed by atoms with E-state index in [2.05, 4.69) is 5.32 Å². The van der Waals surface area contributed by atoms with Crippen LogP contribution in [0.1, 0.15) is 19.3 Å². The van der Waals surface area contributed by atoms with Gasteiger partial charge in [-0.15, -0.1) is 0 Å². The smallest absolute Gasteiger partial charge is 0.326 e. The number of carbonyl (C=O) groups is 4. The molecule has 0 aromatic heterocycles. The molecule has 1 unspecified atom stereocenters. The van der Waals surface area contributed by atoms with Crippen LogP contribution in [0.4, 0.5) is 0 Å². The zero-order chi connectivity index (χ0) is 16.0. The summed E-state index contributed by atoms with van der Waals surface area (Å²) in [6.45, 7) is -0.183. The molecule has 5 N–H and O–H groups in total. The molecule has 0 aromatic carbocycles. The van der Waals surface area contributed by atoms with Crippen LogP contribution in [0, 0.1) is 11.8 Å². The summed E-state index contributed by atoms with van der Waals surface area (Å²) >= 11 is 0. The van der Waals surface area contributed by atoms with Crippen LogP contribution >= 0.6 is 0 Å². The molecule has 0 aliphatic heterocycles. The van der Waals surface area contributed by atoms with E-state index in [0.29, 0.717) is 6.42 Å². The van der Waals surface area contributed by atoms with Gasteiger partial charge in [0.15, 0.2) is 5.78 Å². The van der Waals surface area contributed by atoms with E-state index in [1.807, 2.05) is 0 Å². The summed E-state index contributed by atoms with van der Waals surface area (Å²) in [5.41, 5.74) is 5.28. The minimum absolute atomic E-state index is 0.183. The lowest BCUT2D eigenvalue weighted by Crippen LogP contribution is -2.45. The predicted molar refractivity (Wildman–Crippen MR) is 71.2 cm³/mol. The number of hydrogen-bond acceptors (Lipinski definition) is 5. The van der Waals surface area contributed by atoms with Crippen molar-refractivity contribution in [3.05, 3.63) is 12.2 Å². The zero-order valence-electron chi connectivity index (χ0n) is 11.3. The van der Waals surface area contributed by atoms with E-state index >= 15 is 0 Å². The van der Waals surface area contributed by atoms with Gasteiger partial charge in [-0.05, 0) is 12.8 Å². The van der Waals surface area contributed by atoms with E-state index in [1.54, 1.807) is 12.2 Å². The number of amides is 1. The van der Waals surface area contributed by atoms with Crippen LogP contribution in [0.15, 0.2) is 12.2 Å².